The molecule has 0 saturated carbocycles. The van der Waals surface area contributed by atoms with E-state index in [-0.39, 0.29) is 18.9 Å². The van der Waals surface area contributed by atoms with Crippen LogP contribution in [0.4, 0.5) is 11.4 Å². The molecule has 0 radical (unpaired) electrons. The van der Waals surface area contributed by atoms with E-state index in [2.05, 4.69) is 5.32 Å². The average Bonchev–Trinajstić information content (AvgIpc) is 3.26. The molecule has 1 heterocycles. The Morgan fingerprint density at radius 1 is 0.971 bits per heavy atom. The summed E-state index contributed by atoms with van der Waals surface area (Å²) in [5.41, 5.74) is 2.29. The number of benzene rings is 3. The molecule has 2 amide bonds. The maximum absolute atomic E-state index is 12.5. The van der Waals surface area contributed by atoms with Crippen LogP contribution in [0, 0.1) is 12.8 Å². The molecule has 35 heavy (non-hydrogen) atoms. The van der Waals surface area contributed by atoms with E-state index in [0.717, 1.165) is 11.3 Å². The second-order valence-electron chi connectivity index (χ2n) is 8.17. The van der Waals surface area contributed by atoms with E-state index >= 15 is 0 Å². The highest BCUT2D eigenvalue weighted by atomic mass is 16.5. The fourth-order valence-corrected chi connectivity index (χ4v) is 3.74. The van der Waals surface area contributed by atoms with Gasteiger partial charge >= 0.3 is 5.97 Å². The highest BCUT2D eigenvalue weighted by Crippen LogP contribution is 2.29. The Kier molecular flexibility index (Phi) is 7.30. The molecule has 0 aromatic heterocycles. The first-order valence-corrected chi connectivity index (χ1v) is 11.2. The Balaban J connectivity index is 1.29. The van der Waals surface area contributed by atoms with Crippen LogP contribution in [0.1, 0.15) is 12.0 Å². The van der Waals surface area contributed by atoms with E-state index in [1.54, 1.807) is 48.5 Å². The molecule has 0 bridgehead atoms. The molecule has 3 aromatic rings. The first kappa shape index (κ1) is 23.8. The summed E-state index contributed by atoms with van der Waals surface area (Å²) < 4.78 is 16.2. The molecule has 4 rings (SSSR count). The van der Waals surface area contributed by atoms with Gasteiger partial charge in [0.05, 0.1) is 18.7 Å². The second-order valence-corrected chi connectivity index (χ2v) is 8.17. The molecule has 1 N–H and O–H groups in total. The minimum atomic E-state index is -0.648. The maximum atomic E-state index is 12.5. The lowest BCUT2D eigenvalue weighted by Gasteiger charge is -2.17. The van der Waals surface area contributed by atoms with Gasteiger partial charge in [-0.05, 0) is 55.5 Å². The Hall–Kier alpha value is -4.33. The molecule has 1 saturated heterocycles. The number of carbonyl (C=O) groups is 3. The average molecular weight is 475 g/mol. The zero-order valence-corrected chi connectivity index (χ0v) is 19.5. The summed E-state index contributed by atoms with van der Waals surface area (Å²) in [7, 11) is 1.50. The summed E-state index contributed by atoms with van der Waals surface area (Å²) in [4.78, 5) is 38.8. The SMILES string of the molecule is COc1ccccc1NC(=O)COC(=O)[C@H]1CC(=O)N(c2ccc(Oc3ccc(C)cc3)cc2)C1. The number of anilines is 2. The number of rotatable bonds is 8. The van der Waals surface area contributed by atoms with Crippen LogP contribution in [0.25, 0.3) is 0 Å². The fraction of sp³-hybridized carbons (Fsp3) is 0.222. The number of hydrogen-bond donors (Lipinski definition) is 1. The smallest absolute Gasteiger partial charge is 0.311 e. The zero-order chi connectivity index (χ0) is 24.8. The van der Waals surface area contributed by atoms with Crippen molar-refractivity contribution < 1.29 is 28.6 Å². The molecule has 3 aromatic carbocycles. The van der Waals surface area contributed by atoms with E-state index in [1.165, 1.54) is 12.0 Å². The molecule has 8 nitrogen and oxygen atoms in total. The number of nitrogens with zero attached hydrogens (tertiary/aromatic N) is 1. The van der Waals surface area contributed by atoms with E-state index in [4.69, 9.17) is 14.2 Å². The Morgan fingerprint density at radius 3 is 2.31 bits per heavy atom. The van der Waals surface area contributed by atoms with Gasteiger partial charge in [-0.15, -0.1) is 0 Å². The molecule has 1 atom stereocenters. The van der Waals surface area contributed by atoms with Crippen LogP contribution in [0.15, 0.2) is 72.8 Å². The van der Waals surface area contributed by atoms with Crippen LogP contribution in [-0.2, 0) is 19.1 Å². The summed E-state index contributed by atoms with van der Waals surface area (Å²) in [6.07, 6.45) is 0.0224. The van der Waals surface area contributed by atoms with Crippen LogP contribution in [0.2, 0.25) is 0 Å². The van der Waals surface area contributed by atoms with Gasteiger partial charge in [-0.25, -0.2) is 0 Å². The normalized spacial score (nSPS) is 15.0. The summed E-state index contributed by atoms with van der Waals surface area (Å²) in [5, 5.41) is 2.65. The van der Waals surface area contributed by atoms with E-state index < -0.39 is 24.4 Å². The molecular weight excluding hydrogens is 448 g/mol. The Labute approximate surface area is 203 Å². The van der Waals surface area contributed by atoms with E-state index in [9.17, 15) is 14.4 Å². The first-order valence-electron chi connectivity index (χ1n) is 11.2. The predicted molar refractivity (Wildman–Crippen MR) is 131 cm³/mol. The van der Waals surface area contributed by atoms with Gasteiger partial charge in [0.25, 0.3) is 5.91 Å². The highest BCUT2D eigenvalue weighted by molar-refractivity contribution is 6.00. The number of ether oxygens (including phenoxy) is 3. The maximum Gasteiger partial charge on any atom is 0.311 e. The van der Waals surface area contributed by atoms with Gasteiger partial charge in [0.2, 0.25) is 5.91 Å². The van der Waals surface area contributed by atoms with E-state index in [1.807, 2.05) is 31.2 Å². The number of amides is 2. The van der Waals surface area contributed by atoms with Crippen molar-refractivity contribution in [3.8, 4) is 17.2 Å². The largest absolute Gasteiger partial charge is 0.495 e. The topological polar surface area (TPSA) is 94.2 Å². The molecule has 0 unspecified atom stereocenters. The number of nitrogens with one attached hydrogen (secondary N) is 1. The summed E-state index contributed by atoms with van der Waals surface area (Å²) in [6.45, 7) is 1.74. The number of hydrogen-bond acceptors (Lipinski definition) is 6. The lowest BCUT2D eigenvalue weighted by atomic mass is 10.1. The third kappa shape index (κ3) is 5.97. The van der Waals surface area contributed by atoms with E-state index in [0.29, 0.717) is 22.9 Å². The zero-order valence-electron chi connectivity index (χ0n) is 19.5. The number of carbonyl (C=O) groups excluding carboxylic acids is 3. The lowest BCUT2D eigenvalue weighted by molar-refractivity contribution is -0.151. The Morgan fingerprint density at radius 2 is 1.63 bits per heavy atom. The van der Waals surface area contributed by atoms with Gasteiger partial charge < -0.3 is 24.4 Å². The highest BCUT2D eigenvalue weighted by Gasteiger charge is 2.36. The van der Waals surface area contributed by atoms with Crippen LogP contribution in [-0.4, -0.2) is 38.0 Å². The van der Waals surface area contributed by atoms with Gasteiger partial charge in [0, 0.05) is 18.7 Å². The molecule has 1 fully saturated rings. The fourth-order valence-electron chi connectivity index (χ4n) is 3.74. The first-order chi connectivity index (χ1) is 16.9. The van der Waals surface area contributed by atoms with Crippen LogP contribution < -0.4 is 19.7 Å². The molecule has 180 valence electrons. The van der Waals surface area contributed by atoms with Crippen molar-refractivity contribution in [2.45, 2.75) is 13.3 Å². The van der Waals surface area contributed by atoms with Crippen molar-refractivity contribution in [3.63, 3.8) is 0 Å². The van der Waals surface area contributed by atoms with Gasteiger partial charge in [0.15, 0.2) is 6.61 Å². The van der Waals surface area contributed by atoms with Gasteiger partial charge in [0.1, 0.15) is 17.2 Å². The monoisotopic (exact) mass is 474 g/mol. The summed E-state index contributed by atoms with van der Waals surface area (Å²) in [5.74, 6) is -0.0508. The standard InChI is InChI=1S/C27H26N2O6/c1-18-7-11-21(12-8-18)35-22-13-9-20(10-14-22)29-16-19(15-26(29)31)27(32)34-17-25(30)28-23-5-3-4-6-24(23)33-2/h3-14,19H,15-17H2,1-2H3,(H,28,30)/t19-/m0/s1. The van der Waals surface area contributed by atoms with Crippen LogP contribution >= 0.6 is 0 Å². The molecule has 8 heteroatoms. The van der Waals surface area contributed by atoms with Crippen molar-refractivity contribution in [2.75, 3.05) is 30.5 Å². The van der Waals surface area contributed by atoms with Crippen molar-refractivity contribution >= 4 is 29.2 Å². The van der Waals surface area contributed by atoms with Gasteiger partial charge in [-0.2, -0.15) is 0 Å². The predicted octanol–water partition coefficient (Wildman–Crippen LogP) is 4.33. The number of esters is 1. The minimum Gasteiger partial charge on any atom is -0.495 e. The van der Waals surface area contributed by atoms with Crippen LogP contribution in [0.3, 0.4) is 0 Å². The molecule has 0 aliphatic carbocycles. The molecular formula is C27H26N2O6. The number of methoxy groups -OCH3 is 1. The Bertz CT molecular complexity index is 1210. The lowest BCUT2D eigenvalue weighted by Crippen LogP contribution is -2.28. The third-order valence-electron chi connectivity index (χ3n) is 5.59. The summed E-state index contributed by atoms with van der Waals surface area (Å²) >= 11 is 0. The second kappa shape index (κ2) is 10.7. The summed E-state index contributed by atoms with van der Waals surface area (Å²) in [6, 6.07) is 21.7. The van der Waals surface area contributed by atoms with Crippen molar-refractivity contribution in [1.82, 2.24) is 0 Å². The van der Waals surface area contributed by atoms with Crippen molar-refractivity contribution in [3.05, 3.63) is 78.4 Å². The molecule has 0 spiro atoms. The molecule has 1 aliphatic rings. The van der Waals surface area contributed by atoms with Crippen molar-refractivity contribution in [1.29, 1.82) is 0 Å². The third-order valence-corrected chi connectivity index (χ3v) is 5.59. The quantitative estimate of drug-likeness (QED) is 0.489. The van der Waals surface area contributed by atoms with Gasteiger partial charge in [-0.3, -0.25) is 14.4 Å². The number of para-hydroxylation sites is 2. The van der Waals surface area contributed by atoms with Crippen molar-refractivity contribution in [2.24, 2.45) is 5.92 Å². The van der Waals surface area contributed by atoms with Crippen LogP contribution in [0.5, 0.6) is 17.2 Å². The van der Waals surface area contributed by atoms with Gasteiger partial charge in [-0.1, -0.05) is 29.8 Å². The minimum absolute atomic E-state index is 0.0224. The number of aryl methyl sites for hydroxylation is 1. The molecule has 1 aliphatic heterocycles.